The Labute approximate surface area is 124 Å². The lowest BCUT2D eigenvalue weighted by Crippen LogP contribution is -2.25. The molecule has 2 aromatic rings. The summed E-state index contributed by atoms with van der Waals surface area (Å²) >= 11 is 0. The standard InChI is InChI=1S/C15H23N5O/c1-11-7-13(18-17-11)8-12-9-20(10-14(12)21)5-3-15-16-4-6-19(15)2/h4,6-7,12,14,21H,3,5,8-10H2,1-2H3,(H,17,18)/t12-,14-/m1/s1. The molecule has 2 N–H and O–H groups in total. The number of aromatic nitrogens is 4. The summed E-state index contributed by atoms with van der Waals surface area (Å²) in [6, 6.07) is 2.06. The van der Waals surface area contributed by atoms with Crippen LogP contribution in [-0.4, -0.2) is 55.5 Å². The van der Waals surface area contributed by atoms with Crippen LogP contribution >= 0.6 is 0 Å². The van der Waals surface area contributed by atoms with Gasteiger partial charge < -0.3 is 9.67 Å². The number of aliphatic hydroxyl groups is 1. The van der Waals surface area contributed by atoms with E-state index in [2.05, 4.69) is 30.7 Å². The molecule has 0 spiro atoms. The van der Waals surface area contributed by atoms with Crippen LogP contribution in [0.25, 0.3) is 0 Å². The minimum Gasteiger partial charge on any atom is -0.391 e. The van der Waals surface area contributed by atoms with Crippen molar-refractivity contribution in [3.8, 4) is 0 Å². The number of β-amino-alcohol motifs (C(OH)–C–C–N with tert-alkyl or cyclic N) is 1. The number of aryl methyl sites for hydroxylation is 2. The number of hydrogen-bond acceptors (Lipinski definition) is 4. The van der Waals surface area contributed by atoms with Crippen LogP contribution < -0.4 is 0 Å². The minimum atomic E-state index is -0.261. The number of nitrogens with one attached hydrogen (secondary N) is 1. The summed E-state index contributed by atoms with van der Waals surface area (Å²) in [6.07, 6.45) is 5.30. The summed E-state index contributed by atoms with van der Waals surface area (Å²) in [6.45, 7) is 4.62. The van der Waals surface area contributed by atoms with Crippen LogP contribution in [0.3, 0.4) is 0 Å². The lowest BCUT2D eigenvalue weighted by atomic mass is 10.0. The maximum absolute atomic E-state index is 10.2. The average Bonchev–Trinajstić information content (AvgIpc) is 3.11. The first-order valence-electron chi connectivity index (χ1n) is 7.49. The Hall–Kier alpha value is -1.66. The third-order valence-corrected chi connectivity index (χ3v) is 4.29. The van der Waals surface area contributed by atoms with E-state index in [0.717, 1.165) is 49.7 Å². The number of aliphatic hydroxyl groups excluding tert-OH is 1. The molecule has 0 bridgehead atoms. The summed E-state index contributed by atoms with van der Waals surface area (Å²) in [5, 5.41) is 17.5. The highest BCUT2D eigenvalue weighted by Crippen LogP contribution is 2.21. The van der Waals surface area contributed by atoms with Gasteiger partial charge in [-0.3, -0.25) is 10.00 Å². The predicted octanol–water partition coefficient (Wildman–Crippen LogP) is 0.530. The van der Waals surface area contributed by atoms with Crippen LogP contribution in [0.1, 0.15) is 17.2 Å². The smallest absolute Gasteiger partial charge is 0.109 e. The van der Waals surface area contributed by atoms with E-state index in [4.69, 9.17) is 0 Å². The van der Waals surface area contributed by atoms with E-state index < -0.39 is 0 Å². The normalized spacial score (nSPS) is 23.0. The van der Waals surface area contributed by atoms with Crippen LogP contribution in [0.5, 0.6) is 0 Å². The molecule has 0 saturated carbocycles. The first-order chi connectivity index (χ1) is 10.1. The molecule has 1 fully saturated rings. The largest absolute Gasteiger partial charge is 0.391 e. The van der Waals surface area contributed by atoms with E-state index >= 15 is 0 Å². The molecule has 114 valence electrons. The van der Waals surface area contributed by atoms with Crippen molar-refractivity contribution in [2.45, 2.75) is 25.9 Å². The van der Waals surface area contributed by atoms with Crippen molar-refractivity contribution in [1.82, 2.24) is 24.6 Å². The van der Waals surface area contributed by atoms with Crippen LogP contribution in [0, 0.1) is 12.8 Å². The summed E-state index contributed by atoms with van der Waals surface area (Å²) in [5.41, 5.74) is 2.12. The number of aromatic amines is 1. The van der Waals surface area contributed by atoms with Gasteiger partial charge in [-0.1, -0.05) is 0 Å². The molecule has 1 aliphatic heterocycles. The van der Waals surface area contributed by atoms with Crippen molar-refractivity contribution in [3.63, 3.8) is 0 Å². The Morgan fingerprint density at radius 3 is 2.95 bits per heavy atom. The Kier molecular flexibility index (Phi) is 4.07. The minimum absolute atomic E-state index is 0.261. The molecule has 0 aliphatic carbocycles. The number of imidazole rings is 1. The Morgan fingerprint density at radius 1 is 1.43 bits per heavy atom. The fraction of sp³-hybridized carbons (Fsp3) is 0.600. The third kappa shape index (κ3) is 3.33. The van der Waals surface area contributed by atoms with E-state index in [1.165, 1.54) is 0 Å². The van der Waals surface area contributed by atoms with Gasteiger partial charge in [-0.25, -0.2) is 4.98 Å². The molecule has 3 heterocycles. The molecular weight excluding hydrogens is 266 g/mol. The fourth-order valence-electron chi connectivity index (χ4n) is 3.07. The van der Waals surface area contributed by atoms with Crippen molar-refractivity contribution in [2.24, 2.45) is 13.0 Å². The molecule has 21 heavy (non-hydrogen) atoms. The highest BCUT2D eigenvalue weighted by molar-refractivity contribution is 5.08. The average molecular weight is 289 g/mol. The van der Waals surface area contributed by atoms with Crippen LogP contribution in [0.2, 0.25) is 0 Å². The predicted molar refractivity (Wildman–Crippen MR) is 79.9 cm³/mol. The second-order valence-corrected chi connectivity index (χ2v) is 6.04. The molecule has 0 aromatic carbocycles. The summed E-state index contributed by atoms with van der Waals surface area (Å²) in [5.74, 6) is 1.37. The van der Waals surface area contributed by atoms with Crippen molar-refractivity contribution < 1.29 is 5.11 Å². The molecule has 0 amide bonds. The van der Waals surface area contributed by atoms with E-state index in [-0.39, 0.29) is 12.0 Å². The molecule has 0 radical (unpaired) electrons. The highest BCUT2D eigenvalue weighted by Gasteiger charge is 2.31. The monoisotopic (exact) mass is 289 g/mol. The number of nitrogens with zero attached hydrogens (tertiary/aromatic N) is 4. The second kappa shape index (κ2) is 5.99. The zero-order valence-electron chi connectivity index (χ0n) is 12.7. The highest BCUT2D eigenvalue weighted by atomic mass is 16.3. The van der Waals surface area contributed by atoms with Gasteiger partial charge in [0.1, 0.15) is 5.82 Å². The van der Waals surface area contributed by atoms with Gasteiger partial charge in [0.15, 0.2) is 0 Å². The Bertz CT molecular complexity index is 590. The van der Waals surface area contributed by atoms with E-state index in [1.807, 2.05) is 26.4 Å². The van der Waals surface area contributed by atoms with Gasteiger partial charge in [0.05, 0.1) is 11.8 Å². The van der Waals surface area contributed by atoms with E-state index in [0.29, 0.717) is 0 Å². The molecule has 6 heteroatoms. The molecular formula is C15H23N5O. The molecule has 1 saturated heterocycles. The van der Waals surface area contributed by atoms with Crippen LogP contribution in [0.15, 0.2) is 18.5 Å². The van der Waals surface area contributed by atoms with Gasteiger partial charge in [0.2, 0.25) is 0 Å². The maximum Gasteiger partial charge on any atom is 0.109 e. The number of H-pyrrole nitrogens is 1. The lowest BCUT2D eigenvalue weighted by Gasteiger charge is -2.14. The maximum atomic E-state index is 10.2. The molecule has 2 atom stereocenters. The molecule has 2 aromatic heterocycles. The summed E-state index contributed by atoms with van der Waals surface area (Å²) in [7, 11) is 2.02. The van der Waals surface area contributed by atoms with Gasteiger partial charge in [0.25, 0.3) is 0 Å². The zero-order chi connectivity index (χ0) is 14.8. The summed E-state index contributed by atoms with van der Waals surface area (Å²) < 4.78 is 2.05. The van der Waals surface area contributed by atoms with Crippen LogP contribution in [-0.2, 0) is 19.9 Å². The fourth-order valence-corrected chi connectivity index (χ4v) is 3.07. The molecule has 3 rings (SSSR count). The number of rotatable bonds is 5. The van der Waals surface area contributed by atoms with Gasteiger partial charge >= 0.3 is 0 Å². The van der Waals surface area contributed by atoms with Crippen LogP contribution in [0.4, 0.5) is 0 Å². The van der Waals surface area contributed by atoms with Crippen molar-refractivity contribution in [3.05, 3.63) is 35.7 Å². The van der Waals surface area contributed by atoms with Crippen molar-refractivity contribution >= 4 is 0 Å². The van der Waals surface area contributed by atoms with Crippen molar-refractivity contribution in [1.29, 1.82) is 0 Å². The Balaban J connectivity index is 1.52. The molecule has 0 unspecified atom stereocenters. The van der Waals surface area contributed by atoms with E-state index in [1.54, 1.807) is 0 Å². The second-order valence-electron chi connectivity index (χ2n) is 6.04. The molecule has 6 nitrogen and oxygen atoms in total. The Morgan fingerprint density at radius 2 is 2.29 bits per heavy atom. The van der Waals surface area contributed by atoms with Gasteiger partial charge in [-0.2, -0.15) is 5.10 Å². The number of likely N-dealkylation sites (tertiary alicyclic amines) is 1. The number of hydrogen-bond donors (Lipinski definition) is 2. The quantitative estimate of drug-likeness (QED) is 0.842. The third-order valence-electron chi connectivity index (χ3n) is 4.29. The summed E-state index contributed by atoms with van der Waals surface area (Å²) in [4.78, 5) is 6.67. The van der Waals surface area contributed by atoms with Gasteiger partial charge in [-0.05, 0) is 19.4 Å². The lowest BCUT2D eigenvalue weighted by molar-refractivity contribution is 0.141. The van der Waals surface area contributed by atoms with Crippen molar-refractivity contribution in [2.75, 3.05) is 19.6 Å². The topological polar surface area (TPSA) is 70.0 Å². The SMILES string of the molecule is Cc1cc(C[C@@H]2CN(CCc3nccn3C)C[C@H]2O)n[nH]1. The first kappa shape index (κ1) is 14.3. The zero-order valence-corrected chi connectivity index (χ0v) is 12.7. The van der Waals surface area contributed by atoms with Gasteiger partial charge in [-0.15, -0.1) is 0 Å². The molecule has 1 aliphatic rings. The first-order valence-corrected chi connectivity index (χ1v) is 7.49. The van der Waals surface area contributed by atoms with E-state index in [9.17, 15) is 5.11 Å². The van der Waals surface area contributed by atoms with Gasteiger partial charge in [0, 0.05) is 57.1 Å².